The van der Waals surface area contributed by atoms with Crippen LogP contribution in [0.5, 0.6) is 0 Å². The van der Waals surface area contributed by atoms with Gasteiger partial charge in [-0.15, -0.1) is 0 Å². The third-order valence-electron chi connectivity index (χ3n) is 0.789. The van der Waals surface area contributed by atoms with Crippen LogP contribution in [-0.2, 0) is 18.6 Å². The zero-order chi connectivity index (χ0) is 7.11. The molecule has 0 amide bonds. The largest absolute Gasteiger partial charge is 0.354 e. The minimum atomic E-state index is -0.425. The summed E-state index contributed by atoms with van der Waals surface area (Å²) in [6, 6.07) is 0. The van der Waals surface area contributed by atoms with Crippen LogP contribution in [0.1, 0.15) is 0 Å². The summed E-state index contributed by atoms with van der Waals surface area (Å²) < 4.78 is 23.6. The third-order valence-corrected chi connectivity index (χ3v) is 1.04. The summed E-state index contributed by atoms with van der Waals surface area (Å²) in [6.45, 7) is 0.179. The molecule has 0 fully saturated rings. The molecule has 5 heteroatoms. The fraction of sp³-hybridized carbons (Fsp3) is 1.00. The molecule has 0 saturated carbocycles. The molecule has 0 radical (unpaired) electrons. The van der Waals surface area contributed by atoms with Gasteiger partial charge in [-0.1, -0.05) is 0 Å². The molecular weight excluding hydrogens is 143 g/mol. The zero-order valence-corrected chi connectivity index (χ0v) is 6.26. The molecule has 0 aromatic carbocycles. The first kappa shape index (κ1) is 8.98. The number of hydrogen-bond donors (Lipinski definition) is 0. The van der Waals surface area contributed by atoms with Crippen LogP contribution >= 0.6 is 8.69 Å². The predicted octanol–water partition coefficient (Wildman–Crippen LogP) is 0.829. The minimum absolute atomic E-state index is 0.179. The van der Waals surface area contributed by atoms with E-state index in [1.165, 1.54) is 14.2 Å². The van der Waals surface area contributed by atoms with Crippen molar-refractivity contribution < 1.29 is 18.6 Å². The average molecular weight is 152 g/mol. The van der Waals surface area contributed by atoms with Crippen LogP contribution in [-0.4, -0.2) is 27.1 Å². The van der Waals surface area contributed by atoms with Crippen molar-refractivity contribution in [1.29, 1.82) is 0 Å². The van der Waals surface area contributed by atoms with Gasteiger partial charge in [0, 0.05) is 14.2 Å². The Kier molecular flexibility index (Phi) is 6.09. The molecule has 0 atom stereocenters. The number of hydrogen-bond acceptors (Lipinski definition) is 4. The zero-order valence-electron chi connectivity index (χ0n) is 5.36. The lowest BCUT2D eigenvalue weighted by Gasteiger charge is -2.09. The van der Waals surface area contributed by atoms with E-state index >= 15 is 0 Å². The van der Waals surface area contributed by atoms with Gasteiger partial charge in [0.1, 0.15) is 6.61 Å². The maximum absolute atomic E-state index is 9.71. The lowest BCUT2D eigenvalue weighted by molar-refractivity contribution is -0.120. The maximum Gasteiger partial charge on any atom is 0.327 e. The van der Waals surface area contributed by atoms with Crippen molar-refractivity contribution in [3.63, 3.8) is 0 Å². The summed E-state index contributed by atoms with van der Waals surface area (Å²) in [4.78, 5) is 0. The maximum atomic E-state index is 9.71. The van der Waals surface area contributed by atoms with E-state index in [9.17, 15) is 4.57 Å². The van der Waals surface area contributed by atoms with E-state index in [2.05, 4.69) is 4.52 Å². The minimum Gasteiger partial charge on any atom is -0.354 e. The quantitative estimate of drug-likeness (QED) is 0.432. The Morgan fingerprint density at radius 2 is 2.00 bits per heavy atom. The Morgan fingerprint density at radius 3 is 2.33 bits per heavy atom. The van der Waals surface area contributed by atoms with Crippen molar-refractivity contribution in [2.75, 3.05) is 20.8 Å². The van der Waals surface area contributed by atoms with Crippen molar-refractivity contribution in [2.24, 2.45) is 0 Å². The number of rotatable bonds is 5. The van der Waals surface area contributed by atoms with Gasteiger partial charge in [0.2, 0.25) is 0 Å². The van der Waals surface area contributed by atoms with Crippen LogP contribution in [0.4, 0.5) is 0 Å². The van der Waals surface area contributed by atoms with E-state index < -0.39 is 6.29 Å². The standard InChI is InChI=1S/C4H9O4P/c1-6-4(7-2)3-8-9-5/h4H,3H2,1-2H3. The molecule has 0 aliphatic carbocycles. The Bertz CT molecular complexity index is 73.0. The molecule has 0 aromatic heterocycles. The van der Waals surface area contributed by atoms with Gasteiger partial charge in [0.15, 0.2) is 6.29 Å². The Labute approximate surface area is 55.4 Å². The van der Waals surface area contributed by atoms with Crippen LogP contribution in [0.3, 0.4) is 0 Å². The monoisotopic (exact) mass is 152 g/mol. The van der Waals surface area contributed by atoms with Gasteiger partial charge in [-0.2, -0.15) is 0 Å². The van der Waals surface area contributed by atoms with Crippen LogP contribution in [0, 0.1) is 0 Å². The molecule has 54 valence electrons. The smallest absolute Gasteiger partial charge is 0.327 e. The van der Waals surface area contributed by atoms with E-state index in [1.54, 1.807) is 0 Å². The average Bonchev–Trinajstić information content (AvgIpc) is 1.91. The highest BCUT2D eigenvalue weighted by atomic mass is 31.1. The first-order chi connectivity index (χ1) is 4.35. The molecule has 0 heterocycles. The van der Waals surface area contributed by atoms with Crippen LogP contribution < -0.4 is 0 Å². The highest BCUT2D eigenvalue weighted by Crippen LogP contribution is 1.98. The second-order valence-electron chi connectivity index (χ2n) is 1.27. The van der Waals surface area contributed by atoms with Gasteiger partial charge >= 0.3 is 8.69 Å². The first-order valence-corrected chi connectivity index (χ1v) is 3.08. The summed E-state index contributed by atoms with van der Waals surface area (Å²) in [6.07, 6.45) is -0.425. The fourth-order valence-corrected chi connectivity index (χ4v) is 0.506. The summed E-state index contributed by atoms with van der Waals surface area (Å²) >= 11 is 0. The molecule has 0 bridgehead atoms. The topological polar surface area (TPSA) is 44.8 Å². The van der Waals surface area contributed by atoms with Gasteiger partial charge in [0.25, 0.3) is 0 Å². The molecule has 0 N–H and O–H groups in total. The molecule has 0 aliphatic heterocycles. The van der Waals surface area contributed by atoms with Gasteiger partial charge in [-0.05, 0) is 0 Å². The molecule has 0 aromatic rings. The van der Waals surface area contributed by atoms with E-state index in [4.69, 9.17) is 9.47 Å². The van der Waals surface area contributed by atoms with Crippen molar-refractivity contribution in [3.05, 3.63) is 0 Å². The first-order valence-electron chi connectivity index (χ1n) is 2.35. The molecule has 0 saturated heterocycles. The second kappa shape index (κ2) is 6.11. The lowest BCUT2D eigenvalue weighted by Crippen LogP contribution is -2.17. The SMILES string of the molecule is COC(COP=O)OC. The summed E-state index contributed by atoms with van der Waals surface area (Å²) in [5.74, 6) is 0. The van der Waals surface area contributed by atoms with E-state index in [1.807, 2.05) is 0 Å². The number of methoxy groups -OCH3 is 2. The van der Waals surface area contributed by atoms with Crippen LogP contribution in [0.2, 0.25) is 0 Å². The van der Waals surface area contributed by atoms with Crippen molar-refractivity contribution >= 4 is 8.69 Å². The van der Waals surface area contributed by atoms with E-state index in [0.717, 1.165) is 0 Å². The molecular formula is C4H9O4P. The van der Waals surface area contributed by atoms with Crippen molar-refractivity contribution in [3.8, 4) is 0 Å². The summed E-state index contributed by atoms with van der Waals surface area (Å²) in [7, 11) is 2.62. The van der Waals surface area contributed by atoms with E-state index in [-0.39, 0.29) is 15.3 Å². The van der Waals surface area contributed by atoms with Gasteiger partial charge in [-0.3, -0.25) is 4.52 Å². The van der Waals surface area contributed by atoms with Gasteiger partial charge in [0.05, 0.1) is 0 Å². The molecule has 4 nitrogen and oxygen atoms in total. The number of ether oxygens (including phenoxy) is 2. The summed E-state index contributed by atoms with van der Waals surface area (Å²) in [5, 5.41) is 0. The van der Waals surface area contributed by atoms with Gasteiger partial charge < -0.3 is 9.47 Å². The van der Waals surface area contributed by atoms with Crippen LogP contribution in [0.25, 0.3) is 0 Å². The van der Waals surface area contributed by atoms with Crippen molar-refractivity contribution in [2.45, 2.75) is 6.29 Å². The molecule has 0 rings (SSSR count). The third kappa shape index (κ3) is 4.48. The lowest BCUT2D eigenvalue weighted by atomic mass is 10.7. The molecule has 9 heavy (non-hydrogen) atoms. The normalized spacial score (nSPS) is 11.0. The molecule has 0 unspecified atom stereocenters. The summed E-state index contributed by atoms with van der Waals surface area (Å²) in [5.41, 5.74) is 0. The van der Waals surface area contributed by atoms with Crippen LogP contribution in [0.15, 0.2) is 0 Å². The Morgan fingerprint density at radius 1 is 1.44 bits per heavy atom. The fourth-order valence-electron chi connectivity index (χ4n) is 0.324. The van der Waals surface area contributed by atoms with E-state index in [0.29, 0.717) is 0 Å². The van der Waals surface area contributed by atoms with Crippen molar-refractivity contribution in [1.82, 2.24) is 0 Å². The predicted molar refractivity (Wildman–Crippen MR) is 31.4 cm³/mol. The second-order valence-corrected chi connectivity index (χ2v) is 1.68. The highest BCUT2D eigenvalue weighted by Gasteiger charge is 2.03. The Balaban J connectivity index is 3.19. The molecule has 0 spiro atoms. The Hall–Kier alpha value is -0.0200. The molecule has 0 aliphatic rings. The van der Waals surface area contributed by atoms with Gasteiger partial charge in [-0.25, -0.2) is 4.57 Å². The highest BCUT2D eigenvalue weighted by molar-refractivity contribution is 7.17.